The molecule has 0 unspecified atom stereocenters. The van der Waals surface area contributed by atoms with Gasteiger partial charge in [-0.2, -0.15) is 0 Å². The van der Waals surface area contributed by atoms with E-state index in [2.05, 4.69) is 16.3 Å². The maximum atomic E-state index is 12.7. The fourth-order valence-corrected chi connectivity index (χ4v) is 3.88. The summed E-state index contributed by atoms with van der Waals surface area (Å²) in [5.74, 6) is 0.927. The second-order valence-corrected chi connectivity index (χ2v) is 7.23. The molecule has 0 spiro atoms. The Morgan fingerprint density at radius 3 is 2.69 bits per heavy atom. The molecule has 2 aliphatic heterocycles. The van der Waals surface area contributed by atoms with Crippen LogP contribution in [0.3, 0.4) is 0 Å². The zero-order valence-electron chi connectivity index (χ0n) is 15.8. The van der Waals surface area contributed by atoms with Gasteiger partial charge in [-0.1, -0.05) is 12.1 Å². The minimum absolute atomic E-state index is 0.0353. The van der Waals surface area contributed by atoms with Crippen molar-refractivity contribution in [2.24, 2.45) is 0 Å². The lowest BCUT2D eigenvalue weighted by atomic mass is 10.0. The van der Waals surface area contributed by atoms with E-state index in [4.69, 9.17) is 4.74 Å². The molecule has 0 saturated carbocycles. The number of benzene rings is 1. The first kappa shape index (κ1) is 18.7. The van der Waals surface area contributed by atoms with Crippen LogP contribution < -0.4 is 10.1 Å². The van der Waals surface area contributed by atoms with Gasteiger partial charge < -0.3 is 15.0 Å². The number of piperidine rings is 1. The Morgan fingerprint density at radius 2 is 2.00 bits per heavy atom. The normalized spacial score (nSPS) is 21.4. The highest BCUT2D eigenvalue weighted by molar-refractivity contribution is 5.88. The van der Waals surface area contributed by atoms with Gasteiger partial charge in [-0.25, -0.2) is 0 Å². The smallest absolute Gasteiger partial charge is 0.237 e. The number of piperazine rings is 1. The molecule has 2 amide bonds. The van der Waals surface area contributed by atoms with Crippen molar-refractivity contribution in [3.8, 4) is 5.75 Å². The monoisotopic (exact) mass is 359 g/mol. The maximum absolute atomic E-state index is 12.7. The molecule has 6 nitrogen and oxygen atoms in total. The van der Waals surface area contributed by atoms with Crippen molar-refractivity contribution in [1.29, 1.82) is 0 Å². The average molecular weight is 359 g/mol. The topological polar surface area (TPSA) is 61.9 Å². The van der Waals surface area contributed by atoms with Crippen molar-refractivity contribution in [3.63, 3.8) is 0 Å². The molecule has 3 rings (SSSR count). The molecule has 2 aliphatic rings. The quantitative estimate of drug-likeness (QED) is 0.869. The van der Waals surface area contributed by atoms with Crippen LogP contribution in [0.15, 0.2) is 18.2 Å². The molecule has 0 aromatic heterocycles. The molecule has 0 bridgehead atoms. The van der Waals surface area contributed by atoms with E-state index in [1.54, 1.807) is 7.11 Å². The minimum atomic E-state index is -0.388. The molecule has 1 N–H and O–H groups in total. The largest absolute Gasteiger partial charge is 0.496 e. The summed E-state index contributed by atoms with van der Waals surface area (Å²) >= 11 is 0. The van der Waals surface area contributed by atoms with Crippen LogP contribution in [-0.4, -0.2) is 60.9 Å². The second-order valence-electron chi connectivity index (χ2n) is 7.23. The number of carbonyl (C=O) groups excluding carboxylic acids is 2. The van der Waals surface area contributed by atoms with Gasteiger partial charge in [0.05, 0.1) is 19.6 Å². The number of carbonyl (C=O) groups is 2. The number of hydrogen-bond acceptors (Lipinski definition) is 4. The van der Waals surface area contributed by atoms with Gasteiger partial charge in [0.25, 0.3) is 0 Å². The lowest BCUT2D eigenvalue weighted by Gasteiger charge is -2.36. The van der Waals surface area contributed by atoms with Gasteiger partial charge in [0.1, 0.15) is 5.75 Å². The third-order valence-corrected chi connectivity index (χ3v) is 5.36. The molecule has 0 radical (unpaired) electrons. The first-order chi connectivity index (χ1) is 12.6. The van der Waals surface area contributed by atoms with Crippen LogP contribution in [0.25, 0.3) is 0 Å². The maximum Gasteiger partial charge on any atom is 0.237 e. The Morgan fingerprint density at radius 1 is 1.23 bits per heavy atom. The van der Waals surface area contributed by atoms with Crippen molar-refractivity contribution < 1.29 is 14.3 Å². The second kappa shape index (κ2) is 8.54. The predicted octanol–water partition coefficient (Wildman–Crippen LogP) is 1.71. The third kappa shape index (κ3) is 4.36. The van der Waals surface area contributed by atoms with Gasteiger partial charge in [0.15, 0.2) is 0 Å². The van der Waals surface area contributed by atoms with Crippen LogP contribution in [0.4, 0.5) is 0 Å². The number of ether oxygens (including phenoxy) is 1. The van der Waals surface area contributed by atoms with Gasteiger partial charge >= 0.3 is 0 Å². The molecule has 142 valence electrons. The van der Waals surface area contributed by atoms with Crippen LogP contribution in [0.5, 0.6) is 5.75 Å². The molecule has 2 fully saturated rings. The van der Waals surface area contributed by atoms with Crippen LogP contribution in [0.2, 0.25) is 0 Å². The summed E-state index contributed by atoms with van der Waals surface area (Å²) in [6.07, 6.45) is 3.59. The summed E-state index contributed by atoms with van der Waals surface area (Å²) in [7, 11) is 1.67. The predicted molar refractivity (Wildman–Crippen MR) is 100.0 cm³/mol. The van der Waals surface area contributed by atoms with E-state index < -0.39 is 0 Å². The number of methoxy groups -OCH3 is 1. The molecule has 6 heteroatoms. The van der Waals surface area contributed by atoms with E-state index in [9.17, 15) is 9.59 Å². The number of hydrogen-bond donors (Lipinski definition) is 1. The summed E-state index contributed by atoms with van der Waals surface area (Å²) in [4.78, 5) is 29.1. The molecular formula is C20H29N3O3. The minimum Gasteiger partial charge on any atom is -0.496 e. The van der Waals surface area contributed by atoms with Crippen molar-refractivity contribution >= 4 is 11.8 Å². The number of rotatable bonds is 5. The zero-order valence-corrected chi connectivity index (χ0v) is 15.8. The summed E-state index contributed by atoms with van der Waals surface area (Å²) in [5.41, 5.74) is 2.21. The molecule has 1 atom stereocenters. The summed E-state index contributed by atoms with van der Waals surface area (Å²) in [5, 5.41) is 2.91. The van der Waals surface area contributed by atoms with Gasteiger partial charge in [-0.05, 0) is 43.4 Å². The van der Waals surface area contributed by atoms with Crippen LogP contribution in [0.1, 0.15) is 36.8 Å². The van der Waals surface area contributed by atoms with E-state index in [1.165, 1.54) is 6.42 Å². The SMILES string of the molecule is COc1ccc(CN2CCNC(=O)[C@@H]2CC(=O)N2CCCCC2)cc1C. The number of aryl methyl sites for hydroxylation is 1. The molecular weight excluding hydrogens is 330 g/mol. The van der Waals surface area contributed by atoms with Crippen LogP contribution in [0, 0.1) is 6.92 Å². The van der Waals surface area contributed by atoms with Gasteiger partial charge in [-0.3, -0.25) is 14.5 Å². The van der Waals surface area contributed by atoms with E-state index >= 15 is 0 Å². The first-order valence-electron chi connectivity index (χ1n) is 9.51. The fraction of sp³-hybridized carbons (Fsp3) is 0.600. The molecule has 2 saturated heterocycles. The molecule has 1 aromatic carbocycles. The molecule has 2 heterocycles. The molecule has 0 aliphatic carbocycles. The number of nitrogens with one attached hydrogen (secondary N) is 1. The van der Waals surface area contributed by atoms with Crippen molar-refractivity contribution in [2.45, 2.75) is 45.2 Å². The van der Waals surface area contributed by atoms with Gasteiger partial charge in [-0.15, -0.1) is 0 Å². The lowest BCUT2D eigenvalue weighted by molar-refractivity contribution is -0.139. The Kier molecular flexibility index (Phi) is 6.14. The number of nitrogens with zero attached hydrogens (tertiary/aromatic N) is 2. The van der Waals surface area contributed by atoms with E-state index in [0.717, 1.165) is 49.4 Å². The average Bonchev–Trinajstić information content (AvgIpc) is 2.65. The van der Waals surface area contributed by atoms with E-state index in [-0.39, 0.29) is 24.3 Å². The summed E-state index contributed by atoms with van der Waals surface area (Å²) < 4.78 is 5.32. The standard InChI is InChI=1S/C20H29N3O3/c1-15-12-16(6-7-18(15)26-2)14-23-11-8-21-20(25)17(23)13-19(24)22-9-4-3-5-10-22/h6-7,12,17H,3-5,8-11,13-14H2,1-2H3,(H,21,25)/t17-/m0/s1. The molecule has 1 aromatic rings. The number of amides is 2. The van der Waals surface area contributed by atoms with Gasteiger partial charge in [0.2, 0.25) is 11.8 Å². The molecule has 26 heavy (non-hydrogen) atoms. The summed E-state index contributed by atoms with van der Waals surface area (Å²) in [6, 6.07) is 5.69. The zero-order chi connectivity index (χ0) is 18.5. The van der Waals surface area contributed by atoms with Crippen LogP contribution in [-0.2, 0) is 16.1 Å². The fourth-order valence-electron chi connectivity index (χ4n) is 3.88. The van der Waals surface area contributed by atoms with Crippen molar-refractivity contribution in [1.82, 2.24) is 15.1 Å². The Balaban J connectivity index is 1.68. The highest BCUT2D eigenvalue weighted by Crippen LogP contribution is 2.22. The van der Waals surface area contributed by atoms with Crippen LogP contribution >= 0.6 is 0 Å². The highest BCUT2D eigenvalue weighted by Gasteiger charge is 2.33. The van der Waals surface area contributed by atoms with Crippen molar-refractivity contribution in [2.75, 3.05) is 33.3 Å². The van der Waals surface area contributed by atoms with Gasteiger partial charge in [0, 0.05) is 32.7 Å². The summed E-state index contributed by atoms with van der Waals surface area (Å²) in [6.45, 7) is 5.71. The van der Waals surface area contributed by atoms with Crippen molar-refractivity contribution in [3.05, 3.63) is 29.3 Å². The Hall–Kier alpha value is -2.08. The Labute approximate surface area is 155 Å². The Bertz CT molecular complexity index is 656. The third-order valence-electron chi connectivity index (χ3n) is 5.36. The highest BCUT2D eigenvalue weighted by atomic mass is 16.5. The first-order valence-corrected chi connectivity index (χ1v) is 9.51. The van der Waals surface area contributed by atoms with E-state index in [1.807, 2.05) is 24.0 Å². The lowest BCUT2D eigenvalue weighted by Crippen LogP contribution is -2.56. The van der Waals surface area contributed by atoms with E-state index in [0.29, 0.717) is 13.1 Å². The number of likely N-dealkylation sites (tertiary alicyclic amines) is 1.